The van der Waals surface area contributed by atoms with Crippen molar-refractivity contribution >= 4 is 12.0 Å². The predicted octanol–water partition coefficient (Wildman–Crippen LogP) is 2.54. The quantitative estimate of drug-likeness (QED) is 0.781. The Hall–Kier alpha value is -2.10. The van der Waals surface area contributed by atoms with E-state index in [1.54, 1.807) is 12.2 Å². The van der Waals surface area contributed by atoms with Gasteiger partial charge in [0.15, 0.2) is 0 Å². The Morgan fingerprint density at radius 2 is 2.16 bits per heavy atom. The van der Waals surface area contributed by atoms with Crippen LogP contribution >= 0.6 is 0 Å². The van der Waals surface area contributed by atoms with Crippen molar-refractivity contribution in [2.75, 3.05) is 6.61 Å². The maximum atomic E-state index is 12.0. The number of carbonyl (C=O) groups excluding carboxylic acids is 2. The molecule has 1 aromatic carbocycles. The molecule has 0 aliphatic carbocycles. The number of amides is 2. The lowest BCUT2D eigenvalue weighted by Crippen LogP contribution is -2.39. The van der Waals surface area contributed by atoms with Gasteiger partial charge in [-0.2, -0.15) is 0 Å². The Labute approximate surface area is 112 Å². The number of benzene rings is 1. The van der Waals surface area contributed by atoms with E-state index in [0.29, 0.717) is 6.42 Å². The van der Waals surface area contributed by atoms with Gasteiger partial charge >= 0.3 is 6.09 Å². The van der Waals surface area contributed by atoms with Crippen molar-refractivity contribution < 1.29 is 14.3 Å². The fourth-order valence-corrected chi connectivity index (χ4v) is 2.12. The standard InChI is InChI=1S/C15H17NO3/c1-2-3-9-14(17)16-13(11-19-15(16)18)10-12-7-5-4-6-8-12/h2-8,13H,9-11H2,1H3/b3-2-/t13-/m0/s1. The second-order valence-corrected chi connectivity index (χ2v) is 4.46. The van der Waals surface area contributed by atoms with E-state index in [-0.39, 0.29) is 25.0 Å². The molecule has 0 radical (unpaired) electrons. The Kier molecular flexibility index (Phi) is 4.34. The van der Waals surface area contributed by atoms with Crippen LogP contribution in [0, 0.1) is 0 Å². The average Bonchev–Trinajstić information content (AvgIpc) is 2.78. The van der Waals surface area contributed by atoms with Crippen molar-refractivity contribution in [3.8, 4) is 0 Å². The van der Waals surface area contributed by atoms with E-state index >= 15 is 0 Å². The van der Waals surface area contributed by atoms with Crippen molar-refractivity contribution in [1.82, 2.24) is 4.90 Å². The zero-order valence-electron chi connectivity index (χ0n) is 10.9. The number of allylic oxidation sites excluding steroid dienone is 1. The summed E-state index contributed by atoms with van der Waals surface area (Å²) in [6.07, 6.45) is 3.87. The van der Waals surface area contributed by atoms with Gasteiger partial charge < -0.3 is 4.74 Å². The van der Waals surface area contributed by atoms with E-state index in [1.807, 2.05) is 37.3 Å². The molecular formula is C15H17NO3. The summed E-state index contributed by atoms with van der Waals surface area (Å²) in [7, 11) is 0. The third kappa shape index (κ3) is 3.22. The summed E-state index contributed by atoms with van der Waals surface area (Å²) in [5.41, 5.74) is 1.09. The molecule has 0 saturated carbocycles. The number of ether oxygens (including phenoxy) is 1. The van der Waals surface area contributed by atoms with Gasteiger partial charge in [0.05, 0.1) is 6.04 Å². The molecular weight excluding hydrogens is 242 g/mol. The van der Waals surface area contributed by atoms with Crippen LogP contribution < -0.4 is 0 Å². The molecule has 0 N–H and O–H groups in total. The van der Waals surface area contributed by atoms with Crippen LogP contribution in [0.1, 0.15) is 18.9 Å². The van der Waals surface area contributed by atoms with E-state index in [0.717, 1.165) is 5.56 Å². The maximum absolute atomic E-state index is 12.0. The smallest absolute Gasteiger partial charge is 0.416 e. The fraction of sp³-hybridized carbons (Fsp3) is 0.333. The third-order valence-corrected chi connectivity index (χ3v) is 3.07. The summed E-state index contributed by atoms with van der Waals surface area (Å²) in [4.78, 5) is 24.9. The zero-order valence-corrected chi connectivity index (χ0v) is 10.9. The van der Waals surface area contributed by atoms with Gasteiger partial charge in [0.1, 0.15) is 6.61 Å². The number of hydrogen-bond acceptors (Lipinski definition) is 3. The lowest BCUT2D eigenvalue weighted by atomic mass is 10.1. The zero-order chi connectivity index (χ0) is 13.7. The molecule has 1 atom stereocenters. The van der Waals surface area contributed by atoms with Gasteiger partial charge in [-0.1, -0.05) is 42.5 Å². The van der Waals surface area contributed by atoms with Gasteiger partial charge in [-0.3, -0.25) is 4.79 Å². The summed E-state index contributed by atoms with van der Waals surface area (Å²) < 4.78 is 4.99. The first kappa shape index (κ1) is 13.3. The molecule has 1 aliphatic heterocycles. The molecule has 1 aromatic rings. The van der Waals surface area contributed by atoms with Crippen molar-refractivity contribution in [3.63, 3.8) is 0 Å². The molecule has 100 valence electrons. The van der Waals surface area contributed by atoms with Gasteiger partial charge in [-0.05, 0) is 18.9 Å². The van der Waals surface area contributed by atoms with Crippen LogP contribution in [-0.2, 0) is 16.0 Å². The van der Waals surface area contributed by atoms with Gasteiger partial charge in [0, 0.05) is 6.42 Å². The van der Waals surface area contributed by atoms with Crippen LogP contribution in [0.3, 0.4) is 0 Å². The van der Waals surface area contributed by atoms with Crippen LogP contribution in [0.25, 0.3) is 0 Å². The van der Waals surface area contributed by atoms with Crippen LogP contribution in [0.15, 0.2) is 42.5 Å². The number of cyclic esters (lactones) is 1. The second-order valence-electron chi connectivity index (χ2n) is 4.46. The molecule has 4 nitrogen and oxygen atoms in total. The summed E-state index contributed by atoms with van der Waals surface area (Å²) in [6, 6.07) is 9.59. The summed E-state index contributed by atoms with van der Waals surface area (Å²) in [5.74, 6) is -0.207. The molecule has 1 aliphatic rings. The molecule has 0 aromatic heterocycles. The largest absolute Gasteiger partial charge is 0.447 e. The third-order valence-electron chi connectivity index (χ3n) is 3.07. The molecule has 2 amide bonds. The highest BCUT2D eigenvalue weighted by Crippen LogP contribution is 2.18. The van der Waals surface area contributed by atoms with Crippen molar-refractivity contribution in [3.05, 3.63) is 48.0 Å². The monoisotopic (exact) mass is 259 g/mol. The van der Waals surface area contributed by atoms with Crippen molar-refractivity contribution in [1.29, 1.82) is 0 Å². The van der Waals surface area contributed by atoms with E-state index < -0.39 is 6.09 Å². The SMILES string of the molecule is C/C=C\CC(=O)N1C(=O)OC[C@@H]1Cc1ccccc1. The molecule has 19 heavy (non-hydrogen) atoms. The van der Waals surface area contributed by atoms with Crippen LogP contribution in [0.4, 0.5) is 4.79 Å². The first-order valence-electron chi connectivity index (χ1n) is 6.36. The Bertz CT molecular complexity index is 481. The fourth-order valence-electron chi connectivity index (χ4n) is 2.12. The van der Waals surface area contributed by atoms with Crippen LogP contribution in [0.2, 0.25) is 0 Å². The number of nitrogens with zero attached hydrogens (tertiary/aromatic N) is 1. The van der Waals surface area contributed by atoms with E-state index in [4.69, 9.17) is 4.74 Å². The summed E-state index contributed by atoms with van der Waals surface area (Å²) in [5, 5.41) is 0. The van der Waals surface area contributed by atoms with E-state index in [9.17, 15) is 9.59 Å². The maximum Gasteiger partial charge on any atom is 0.416 e. The Balaban J connectivity index is 2.07. The topological polar surface area (TPSA) is 46.6 Å². The Morgan fingerprint density at radius 1 is 1.42 bits per heavy atom. The lowest BCUT2D eigenvalue weighted by Gasteiger charge is -2.18. The normalized spacial score (nSPS) is 18.9. The molecule has 2 rings (SSSR count). The minimum Gasteiger partial charge on any atom is -0.447 e. The second kappa shape index (κ2) is 6.18. The predicted molar refractivity (Wildman–Crippen MR) is 71.6 cm³/mol. The van der Waals surface area contributed by atoms with Crippen molar-refractivity contribution in [2.45, 2.75) is 25.8 Å². The highest BCUT2D eigenvalue weighted by molar-refractivity contribution is 5.94. The van der Waals surface area contributed by atoms with Gasteiger partial charge in [0.2, 0.25) is 5.91 Å². The van der Waals surface area contributed by atoms with Crippen molar-refractivity contribution in [2.24, 2.45) is 0 Å². The van der Waals surface area contributed by atoms with E-state index in [1.165, 1.54) is 4.90 Å². The number of carbonyl (C=O) groups is 2. The lowest BCUT2D eigenvalue weighted by molar-refractivity contribution is -0.128. The molecule has 0 bridgehead atoms. The number of hydrogen-bond donors (Lipinski definition) is 0. The number of rotatable bonds is 4. The first-order valence-corrected chi connectivity index (χ1v) is 6.36. The highest BCUT2D eigenvalue weighted by Gasteiger charge is 2.37. The number of imide groups is 1. The Morgan fingerprint density at radius 3 is 2.84 bits per heavy atom. The minimum atomic E-state index is -0.532. The first-order chi connectivity index (χ1) is 9.22. The molecule has 4 heteroatoms. The molecule has 1 saturated heterocycles. The molecule has 0 spiro atoms. The average molecular weight is 259 g/mol. The van der Waals surface area contributed by atoms with Crippen LogP contribution in [-0.4, -0.2) is 29.5 Å². The highest BCUT2D eigenvalue weighted by atomic mass is 16.6. The van der Waals surface area contributed by atoms with Gasteiger partial charge in [0.25, 0.3) is 0 Å². The van der Waals surface area contributed by atoms with Crippen LogP contribution in [0.5, 0.6) is 0 Å². The molecule has 1 heterocycles. The van der Waals surface area contributed by atoms with Gasteiger partial charge in [-0.15, -0.1) is 0 Å². The van der Waals surface area contributed by atoms with E-state index in [2.05, 4.69) is 0 Å². The summed E-state index contributed by atoms with van der Waals surface area (Å²) >= 11 is 0. The molecule has 1 fully saturated rings. The molecule has 0 unspecified atom stereocenters. The summed E-state index contributed by atoms with van der Waals surface area (Å²) in [6.45, 7) is 2.12. The minimum absolute atomic E-state index is 0.201. The van der Waals surface area contributed by atoms with Gasteiger partial charge in [-0.25, -0.2) is 9.69 Å².